The Morgan fingerprint density at radius 1 is 1.53 bits per heavy atom. The zero-order chi connectivity index (χ0) is 12.1. The lowest BCUT2D eigenvalue weighted by Gasteiger charge is -2.13. The quantitative estimate of drug-likeness (QED) is 0.845. The van der Waals surface area contributed by atoms with Crippen LogP contribution >= 0.6 is 11.8 Å². The van der Waals surface area contributed by atoms with Gasteiger partial charge in [-0.15, -0.1) is 0 Å². The number of nitrogens with zero attached hydrogens (tertiary/aromatic N) is 2. The minimum absolute atomic E-state index is 0.694. The summed E-state index contributed by atoms with van der Waals surface area (Å²) in [4.78, 5) is 4.43. The largest absolute Gasteiger partial charge is 0.334 e. The molecule has 96 valence electrons. The highest BCUT2D eigenvalue weighted by Gasteiger charge is 2.23. The van der Waals surface area contributed by atoms with Crippen molar-refractivity contribution in [3.8, 4) is 0 Å². The average molecular weight is 253 g/mol. The fraction of sp³-hybridized carbons (Fsp3) is 0.769. The van der Waals surface area contributed by atoms with Crippen LogP contribution in [0.2, 0.25) is 0 Å². The second-order valence-corrected chi connectivity index (χ2v) is 5.92. The van der Waals surface area contributed by atoms with Gasteiger partial charge in [0.1, 0.15) is 5.82 Å². The summed E-state index contributed by atoms with van der Waals surface area (Å²) >= 11 is 2.01. The SMILES string of the molecule is CCCn1ccnc1CNC1CCC(SC)C1. The first-order chi connectivity index (χ1) is 8.33. The standard InChI is InChI=1S/C13H23N3S/c1-3-7-16-8-6-14-13(16)10-15-11-4-5-12(9-11)17-2/h6,8,11-12,15H,3-5,7,9-10H2,1-2H3. The van der Waals surface area contributed by atoms with Crippen LogP contribution in [-0.4, -0.2) is 27.1 Å². The molecule has 2 atom stereocenters. The molecule has 3 nitrogen and oxygen atoms in total. The molecule has 0 aromatic carbocycles. The topological polar surface area (TPSA) is 29.9 Å². The van der Waals surface area contributed by atoms with Gasteiger partial charge in [-0.05, 0) is 31.9 Å². The minimum atomic E-state index is 0.694. The van der Waals surface area contributed by atoms with Crippen LogP contribution < -0.4 is 5.32 Å². The number of hydrogen-bond donors (Lipinski definition) is 1. The number of thioether (sulfide) groups is 1. The van der Waals surface area contributed by atoms with Gasteiger partial charge in [0.15, 0.2) is 0 Å². The zero-order valence-corrected chi connectivity index (χ0v) is 11.7. The van der Waals surface area contributed by atoms with Crippen LogP contribution in [0.1, 0.15) is 38.4 Å². The Bertz CT molecular complexity index is 337. The fourth-order valence-corrected chi connectivity index (χ4v) is 3.32. The molecule has 2 unspecified atom stereocenters. The smallest absolute Gasteiger partial charge is 0.122 e. The monoisotopic (exact) mass is 253 g/mol. The first kappa shape index (κ1) is 13.0. The number of aromatic nitrogens is 2. The summed E-state index contributed by atoms with van der Waals surface area (Å²) in [7, 11) is 0. The molecule has 0 radical (unpaired) electrons. The van der Waals surface area contributed by atoms with Crippen molar-refractivity contribution in [2.75, 3.05) is 6.26 Å². The Kier molecular flexibility index (Phi) is 4.92. The van der Waals surface area contributed by atoms with Crippen molar-refractivity contribution >= 4 is 11.8 Å². The lowest BCUT2D eigenvalue weighted by atomic mass is 10.2. The van der Waals surface area contributed by atoms with Crippen LogP contribution in [0.25, 0.3) is 0 Å². The van der Waals surface area contributed by atoms with Gasteiger partial charge in [-0.25, -0.2) is 4.98 Å². The van der Waals surface area contributed by atoms with Crippen molar-refractivity contribution in [2.24, 2.45) is 0 Å². The van der Waals surface area contributed by atoms with Gasteiger partial charge in [0.25, 0.3) is 0 Å². The summed E-state index contributed by atoms with van der Waals surface area (Å²) in [5.41, 5.74) is 0. The van der Waals surface area contributed by atoms with Gasteiger partial charge in [0, 0.05) is 30.2 Å². The molecular formula is C13H23N3S. The van der Waals surface area contributed by atoms with E-state index < -0.39 is 0 Å². The van der Waals surface area contributed by atoms with Gasteiger partial charge in [0.05, 0.1) is 6.54 Å². The number of nitrogens with one attached hydrogen (secondary N) is 1. The van der Waals surface area contributed by atoms with E-state index in [0.717, 1.165) is 18.3 Å². The summed E-state index contributed by atoms with van der Waals surface area (Å²) in [5, 5.41) is 4.51. The molecule has 1 aromatic heterocycles. The molecule has 1 aliphatic rings. The van der Waals surface area contributed by atoms with Gasteiger partial charge >= 0.3 is 0 Å². The van der Waals surface area contributed by atoms with Gasteiger partial charge < -0.3 is 9.88 Å². The van der Waals surface area contributed by atoms with Crippen LogP contribution in [0.4, 0.5) is 0 Å². The van der Waals surface area contributed by atoms with E-state index in [9.17, 15) is 0 Å². The minimum Gasteiger partial charge on any atom is -0.334 e. The summed E-state index contributed by atoms with van der Waals surface area (Å²) in [6.45, 7) is 4.20. The van der Waals surface area contributed by atoms with Crippen molar-refractivity contribution in [2.45, 2.75) is 57.0 Å². The zero-order valence-electron chi connectivity index (χ0n) is 10.9. The number of rotatable bonds is 6. The highest BCUT2D eigenvalue weighted by Crippen LogP contribution is 2.28. The highest BCUT2D eigenvalue weighted by molar-refractivity contribution is 7.99. The summed E-state index contributed by atoms with van der Waals surface area (Å²) in [6.07, 6.45) is 11.4. The Balaban J connectivity index is 1.79. The normalized spacial score (nSPS) is 24.4. The van der Waals surface area contributed by atoms with Crippen molar-refractivity contribution in [1.82, 2.24) is 14.9 Å². The second kappa shape index (κ2) is 6.45. The molecule has 1 saturated carbocycles. The highest BCUT2D eigenvalue weighted by atomic mass is 32.2. The third-order valence-corrected chi connectivity index (χ3v) is 4.63. The fourth-order valence-electron chi connectivity index (χ4n) is 2.53. The lowest BCUT2D eigenvalue weighted by molar-refractivity contribution is 0.498. The molecule has 1 aliphatic carbocycles. The van der Waals surface area contributed by atoms with Crippen LogP contribution in [0.5, 0.6) is 0 Å². The maximum absolute atomic E-state index is 4.43. The third-order valence-electron chi connectivity index (χ3n) is 3.53. The molecule has 1 fully saturated rings. The number of hydrogen-bond acceptors (Lipinski definition) is 3. The Morgan fingerprint density at radius 3 is 3.12 bits per heavy atom. The van der Waals surface area contributed by atoms with E-state index in [4.69, 9.17) is 0 Å². The number of aryl methyl sites for hydroxylation is 1. The van der Waals surface area contributed by atoms with E-state index >= 15 is 0 Å². The van der Waals surface area contributed by atoms with E-state index in [1.807, 2.05) is 18.0 Å². The Hall–Kier alpha value is -0.480. The molecule has 17 heavy (non-hydrogen) atoms. The Labute approximate surface area is 108 Å². The van der Waals surface area contributed by atoms with Crippen LogP contribution in [-0.2, 0) is 13.1 Å². The van der Waals surface area contributed by atoms with Crippen molar-refractivity contribution in [1.29, 1.82) is 0 Å². The van der Waals surface area contributed by atoms with E-state index in [2.05, 4.69) is 34.2 Å². The van der Waals surface area contributed by atoms with Crippen LogP contribution in [0.3, 0.4) is 0 Å². The van der Waals surface area contributed by atoms with E-state index in [0.29, 0.717) is 6.04 Å². The molecule has 2 rings (SSSR count). The van der Waals surface area contributed by atoms with Crippen molar-refractivity contribution in [3.63, 3.8) is 0 Å². The van der Waals surface area contributed by atoms with Gasteiger partial charge in [-0.1, -0.05) is 6.92 Å². The van der Waals surface area contributed by atoms with Gasteiger partial charge in [-0.3, -0.25) is 0 Å². The molecule has 4 heteroatoms. The first-order valence-corrected chi connectivity index (χ1v) is 7.88. The van der Waals surface area contributed by atoms with Crippen LogP contribution in [0.15, 0.2) is 12.4 Å². The predicted molar refractivity (Wildman–Crippen MR) is 74.3 cm³/mol. The molecule has 0 spiro atoms. The predicted octanol–water partition coefficient (Wildman–Crippen LogP) is 2.67. The molecule has 0 bridgehead atoms. The molecule has 0 amide bonds. The second-order valence-electron chi connectivity index (χ2n) is 4.79. The molecule has 1 N–H and O–H groups in total. The maximum Gasteiger partial charge on any atom is 0.122 e. The average Bonchev–Trinajstić information content (AvgIpc) is 2.95. The van der Waals surface area contributed by atoms with Crippen molar-refractivity contribution in [3.05, 3.63) is 18.2 Å². The maximum atomic E-state index is 4.43. The Morgan fingerprint density at radius 2 is 2.41 bits per heavy atom. The van der Waals surface area contributed by atoms with E-state index in [1.165, 1.54) is 31.5 Å². The van der Waals surface area contributed by atoms with Gasteiger partial charge in [-0.2, -0.15) is 11.8 Å². The molecule has 0 aliphatic heterocycles. The van der Waals surface area contributed by atoms with Gasteiger partial charge in [0.2, 0.25) is 0 Å². The molecule has 1 heterocycles. The summed E-state index contributed by atoms with van der Waals surface area (Å²) in [6, 6.07) is 0.694. The third kappa shape index (κ3) is 3.49. The van der Waals surface area contributed by atoms with Crippen LogP contribution in [0, 0.1) is 0 Å². The first-order valence-electron chi connectivity index (χ1n) is 6.59. The van der Waals surface area contributed by atoms with E-state index in [1.54, 1.807) is 0 Å². The summed E-state index contributed by atoms with van der Waals surface area (Å²) < 4.78 is 2.26. The lowest BCUT2D eigenvalue weighted by Crippen LogP contribution is -2.27. The number of imidazole rings is 1. The molecule has 0 saturated heterocycles. The summed E-state index contributed by atoms with van der Waals surface area (Å²) in [5.74, 6) is 1.18. The van der Waals surface area contributed by atoms with E-state index in [-0.39, 0.29) is 0 Å². The molecule has 1 aromatic rings. The molecular weight excluding hydrogens is 230 g/mol. The van der Waals surface area contributed by atoms with Crippen molar-refractivity contribution < 1.29 is 0 Å².